The predicted octanol–water partition coefficient (Wildman–Crippen LogP) is 5.01. The van der Waals surface area contributed by atoms with E-state index >= 15 is 0 Å². The number of carboxylic acids is 1. The number of nitrogens with two attached hydrogens (primary N) is 1. The minimum Gasteiger partial charge on any atom is -0.478 e. The average molecular weight is 540 g/mol. The van der Waals surface area contributed by atoms with E-state index in [9.17, 15) is 19.5 Å². The number of hydrogen-bond donors (Lipinski definition) is 4. The Morgan fingerprint density at radius 1 is 0.975 bits per heavy atom. The molecule has 3 aromatic carbocycles. The lowest BCUT2D eigenvalue weighted by atomic mass is 9.89. The van der Waals surface area contributed by atoms with Gasteiger partial charge in [0.05, 0.1) is 5.56 Å². The molecule has 0 bridgehead atoms. The molecule has 4 aromatic rings. The molecule has 40 heavy (non-hydrogen) atoms. The Morgan fingerprint density at radius 3 is 2.35 bits per heavy atom. The SMILES string of the molecule is CCNC(=O)N(C)C(=O)c1ccc(Cc2cn(CC)c3cc(C(=N)N)ccc23)c(-c2ccc(C)cc2C(=O)O)c1. The number of carbonyl (C=O) groups is 3. The maximum absolute atomic E-state index is 13.2. The number of carbonyl (C=O) groups excluding carboxylic acids is 2. The topological polar surface area (TPSA) is 142 Å². The summed E-state index contributed by atoms with van der Waals surface area (Å²) in [5.41, 5.74) is 11.4. The number of urea groups is 1. The summed E-state index contributed by atoms with van der Waals surface area (Å²) in [5, 5.41) is 21.4. The van der Waals surface area contributed by atoms with Gasteiger partial charge in [0.15, 0.2) is 0 Å². The fourth-order valence-corrected chi connectivity index (χ4v) is 4.88. The highest BCUT2D eigenvalue weighted by Crippen LogP contribution is 2.33. The van der Waals surface area contributed by atoms with Gasteiger partial charge in [-0.25, -0.2) is 9.59 Å². The molecule has 206 valence electrons. The minimum absolute atomic E-state index is 0.00648. The van der Waals surface area contributed by atoms with Crippen LogP contribution in [0.4, 0.5) is 4.79 Å². The van der Waals surface area contributed by atoms with Crippen LogP contribution in [0.2, 0.25) is 0 Å². The Labute approximate surface area is 232 Å². The molecule has 4 rings (SSSR count). The lowest BCUT2D eigenvalue weighted by Gasteiger charge is -2.18. The summed E-state index contributed by atoms with van der Waals surface area (Å²) in [6, 6.07) is 15.5. The molecule has 5 N–H and O–H groups in total. The maximum atomic E-state index is 13.2. The predicted molar refractivity (Wildman–Crippen MR) is 156 cm³/mol. The van der Waals surface area contributed by atoms with Gasteiger partial charge in [-0.15, -0.1) is 0 Å². The highest BCUT2D eigenvalue weighted by Gasteiger charge is 2.22. The third kappa shape index (κ3) is 5.44. The van der Waals surface area contributed by atoms with Gasteiger partial charge in [0.25, 0.3) is 5.91 Å². The lowest BCUT2D eigenvalue weighted by molar-refractivity contribution is 0.0697. The van der Waals surface area contributed by atoms with E-state index in [1.54, 1.807) is 31.2 Å². The number of amides is 3. The van der Waals surface area contributed by atoms with Crippen LogP contribution in [0.15, 0.2) is 60.8 Å². The van der Waals surface area contributed by atoms with Crippen molar-refractivity contribution < 1.29 is 19.5 Å². The molecule has 1 aromatic heterocycles. The van der Waals surface area contributed by atoms with Crippen molar-refractivity contribution in [3.63, 3.8) is 0 Å². The van der Waals surface area contributed by atoms with Crippen LogP contribution in [0.3, 0.4) is 0 Å². The van der Waals surface area contributed by atoms with Crippen molar-refractivity contribution in [1.82, 2.24) is 14.8 Å². The smallest absolute Gasteiger partial charge is 0.336 e. The van der Waals surface area contributed by atoms with Crippen molar-refractivity contribution in [2.45, 2.75) is 33.7 Å². The van der Waals surface area contributed by atoms with Gasteiger partial charge in [-0.3, -0.25) is 15.1 Å². The Morgan fingerprint density at radius 2 is 1.70 bits per heavy atom. The first-order valence-electron chi connectivity index (χ1n) is 13.0. The third-order valence-corrected chi connectivity index (χ3v) is 6.99. The highest BCUT2D eigenvalue weighted by atomic mass is 16.4. The molecule has 0 atom stereocenters. The summed E-state index contributed by atoms with van der Waals surface area (Å²) in [6.07, 6.45) is 2.51. The number of imide groups is 1. The van der Waals surface area contributed by atoms with Crippen LogP contribution < -0.4 is 11.1 Å². The van der Waals surface area contributed by atoms with Crippen LogP contribution in [-0.2, 0) is 13.0 Å². The van der Waals surface area contributed by atoms with Crippen molar-refractivity contribution in [3.05, 3.63) is 94.2 Å². The van der Waals surface area contributed by atoms with Crippen LogP contribution >= 0.6 is 0 Å². The van der Waals surface area contributed by atoms with Gasteiger partial charge in [-0.05, 0) is 67.3 Å². The summed E-state index contributed by atoms with van der Waals surface area (Å²) in [7, 11) is 1.41. The quantitative estimate of drug-likeness (QED) is 0.184. The molecule has 0 saturated carbocycles. The molecule has 0 saturated heterocycles. The molecule has 9 heteroatoms. The Kier molecular flexibility index (Phi) is 8.04. The second-order valence-electron chi connectivity index (χ2n) is 9.69. The van der Waals surface area contributed by atoms with E-state index in [0.717, 1.165) is 32.5 Å². The average Bonchev–Trinajstić information content (AvgIpc) is 3.29. The number of aryl methyl sites for hydroxylation is 2. The summed E-state index contributed by atoms with van der Waals surface area (Å²) < 4.78 is 2.09. The summed E-state index contributed by atoms with van der Waals surface area (Å²) in [6.45, 7) is 6.72. The zero-order valence-electron chi connectivity index (χ0n) is 23.0. The molecule has 3 amide bonds. The molecule has 0 aliphatic rings. The number of benzene rings is 3. The van der Waals surface area contributed by atoms with Crippen LogP contribution in [0, 0.1) is 12.3 Å². The number of nitrogens with zero attached hydrogens (tertiary/aromatic N) is 2. The van der Waals surface area contributed by atoms with E-state index in [2.05, 4.69) is 9.88 Å². The summed E-state index contributed by atoms with van der Waals surface area (Å²) in [5.74, 6) is -1.57. The zero-order chi connectivity index (χ0) is 29.1. The first-order valence-corrected chi connectivity index (χ1v) is 13.0. The van der Waals surface area contributed by atoms with Gasteiger partial charge in [-0.1, -0.05) is 35.9 Å². The first kappa shape index (κ1) is 28.1. The van der Waals surface area contributed by atoms with E-state index < -0.39 is 17.9 Å². The Bertz CT molecular complexity index is 1650. The number of nitrogen functional groups attached to an aromatic ring is 1. The van der Waals surface area contributed by atoms with Crippen molar-refractivity contribution >= 4 is 34.6 Å². The van der Waals surface area contributed by atoms with Gasteiger partial charge in [0.1, 0.15) is 5.84 Å². The third-order valence-electron chi connectivity index (χ3n) is 6.99. The van der Waals surface area contributed by atoms with Crippen LogP contribution in [-0.4, -0.2) is 51.9 Å². The van der Waals surface area contributed by atoms with Gasteiger partial charge < -0.3 is 20.7 Å². The van der Waals surface area contributed by atoms with Crippen LogP contribution in [0.5, 0.6) is 0 Å². The van der Waals surface area contributed by atoms with Gasteiger partial charge >= 0.3 is 12.0 Å². The normalized spacial score (nSPS) is 10.9. The van der Waals surface area contributed by atoms with Gasteiger partial charge in [0.2, 0.25) is 0 Å². The number of fused-ring (bicyclic) bond motifs is 1. The zero-order valence-corrected chi connectivity index (χ0v) is 23.0. The van der Waals surface area contributed by atoms with Gasteiger partial charge in [-0.2, -0.15) is 0 Å². The maximum Gasteiger partial charge on any atom is 0.336 e. The molecule has 0 unspecified atom stereocenters. The summed E-state index contributed by atoms with van der Waals surface area (Å²) in [4.78, 5) is 38.8. The fourth-order valence-electron chi connectivity index (χ4n) is 4.88. The molecular weight excluding hydrogens is 506 g/mol. The second kappa shape index (κ2) is 11.4. The van der Waals surface area contributed by atoms with Gasteiger partial charge in [0, 0.05) is 54.8 Å². The molecule has 0 radical (unpaired) electrons. The number of rotatable bonds is 8. The molecule has 0 aliphatic carbocycles. The number of aromatic carboxylic acids is 1. The van der Waals surface area contributed by atoms with Crippen LogP contribution in [0.1, 0.15) is 56.8 Å². The molecule has 0 fully saturated rings. The lowest BCUT2D eigenvalue weighted by Crippen LogP contribution is -2.41. The molecule has 0 aliphatic heterocycles. The van der Waals surface area contributed by atoms with E-state index in [-0.39, 0.29) is 17.0 Å². The van der Waals surface area contributed by atoms with Crippen molar-refractivity contribution in [1.29, 1.82) is 5.41 Å². The molecule has 1 heterocycles. The van der Waals surface area contributed by atoms with Crippen molar-refractivity contribution in [3.8, 4) is 11.1 Å². The number of nitrogens with one attached hydrogen (secondary N) is 2. The van der Waals surface area contributed by atoms with Crippen LogP contribution in [0.25, 0.3) is 22.0 Å². The van der Waals surface area contributed by atoms with E-state index in [1.165, 1.54) is 7.05 Å². The number of amidine groups is 1. The number of carboxylic acid groups (broad SMARTS) is 1. The number of aromatic nitrogens is 1. The highest BCUT2D eigenvalue weighted by molar-refractivity contribution is 6.05. The number of hydrogen-bond acceptors (Lipinski definition) is 4. The summed E-state index contributed by atoms with van der Waals surface area (Å²) >= 11 is 0. The monoisotopic (exact) mass is 539 g/mol. The van der Waals surface area contributed by atoms with Crippen molar-refractivity contribution in [2.75, 3.05) is 13.6 Å². The molecule has 0 spiro atoms. The Hall–Kier alpha value is -4.92. The van der Waals surface area contributed by atoms with E-state index in [0.29, 0.717) is 36.2 Å². The largest absolute Gasteiger partial charge is 0.478 e. The standard InChI is InChI=1S/C31H33N5O4/c1-5-34-31(40)35(4)29(37)21-9-8-19(25(15-21)24-11-7-18(3)13-26(24)30(38)39)14-22-17-36(6-2)27-16-20(28(32)33)10-12-23(22)27/h7-13,15-17H,5-6,14H2,1-4H3,(H3,32,33)(H,34,40)(H,38,39). The fraction of sp³-hybridized carbons (Fsp3) is 0.226. The molecule has 9 nitrogen and oxygen atoms in total. The van der Waals surface area contributed by atoms with E-state index in [4.69, 9.17) is 11.1 Å². The van der Waals surface area contributed by atoms with E-state index in [1.807, 2.05) is 50.4 Å². The first-order chi connectivity index (χ1) is 19.0. The minimum atomic E-state index is -1.07. The second-order valence-corrected chi connectivity index (χ2v) is 9.69. The van der Waals surface area contributed by atoms with Crippen molar-refractivity contribution in [2.24, 2.45) is 5.73 Å². The molecular formula is C31H33N5O4. The Balaban J connectivity index is 1.88.